The minimum Gasteiger partial charge on any atom is -0.495 e. The van der Waals surface area contributed by atoms with Crippen LogP contribution in [0.3, 0.4) is 0 Å². The number of hydrogen-bond donors (Lipinski definition) is 2. The van der Waals surface area contributed by atoms with Crippen molar-refractivity contribution in [3.63, 3.8) is 0 Å². The van der Waals surface area contributed by atoms with Crippen LogP contribution in [0, 0.1) is 0 Å². The molecule has 8 heteroatoms. The molecular formula is C25H25N7O. The highest BCUT2D eigenvalue weighted by molar-refractivity contribution is 5.99. The number of nitrogens with zero attached hydrogens (tertiary/aromatic N) is 5. The lowest BCUT2D eigenvalue weighted by atomic mass is 10.0. The summed E-state index contributed by atoms with van der Waals surface area (Å²) >= 11 is 0. The number of H-pyrrole nitrogens is 2. The molecule has 0 unspecified atom stereocenters. The molecule has 1 fully saturated rings. The molecule has 0 radical (unpaired) electrons. The smallest absolute Gasteiger partial charge is 0.139 e. The zero-order chi connectivity index (χ0) is 22.4. The number of ether oxygens (including phenoxy) is 1. The number of nitrogens with one attached hydrogen (secondary N) is 2. The third-order valence-electron chi connectivity index (χ3n) is 6.45. The van der Waals surface area contributed by atoms with E-state index >= 15 is 0 Å². The summed E-state index contributed by atoms with van der Waals surface area (Å²) in [6.07, 6.45) is 5.44. The van der Waals surface area contributed by atoms with E-state index < -0.39 is 0 Å². The second-order valence-electron chi connectivity index (χ2n) is 8.51. The van der Waals surface area contributed by atoms with Crippen molar-refractivity contribution >= 4 is 27.6 Å². The predicted octanol–water partition coefficient (Wildman–Crippen LogP) is 3.93. The van der Waals surface area contributed by atoms with Gasteiger partial charge in [-0.1, -0.05) is 6.07 Å². The van der Waals surface area contributed by atoms with Crippen LogP contribution in [0.5, 0.6) is 5.75 Å². The van der Waals surface area contributed by atoms with Gasteiger partial charge in [-0.25, -0.2) is 4.98 Å². The van der Waals surface area contributed by atoms with Crippen LogP contribution in [0.1, 0.15) is 0 Å². The van der Waals surface area contributed by atoms with Crippen molar-refractivity contribution in [2.24, 2.45) is 0 Å². The largest absolute Gasteiger partial charge is 0.495 e. The van der Waals surface area contributed by atoms with Crippen molar-refractivity contribution < 1.29 is 4.74 Å². The fraction of sp³-hybridized carbons (Fsp3) is 0.240. The summed E-state index contributed by atoms with van der Waals surface area (Å²) in [6, 6.07) is 12.5. The lowest BCUT2D eigenvalue weighted by molar-refractivity contribution is 0.313. The second kappa shape index (κ2) is 7.90. The van der Waals surface area contributed by atoms with Crippen molar-refractivity contribution in [2.75, 3.05) is 45.2 Å². The van der Waals surface area contributed by atoms with Crippen LogP contribution in [0.25, 0.3) is 44.5 Å². The Morgan fingerprint density at radius 2 is 1.82 bits per heavy atom. The summed E-state index contributed by atoms with van der Waals surface area (Å²) in [4.78, 5) is 17.2. The Morgan fingerprint density at radius 3 is 2.67 bits per heavy atom. The molecule has 0 amide bonds. The zero-order valence-electron chi connectivity index (χ0n) is 18.7. The quantitative estimate of drug-likeness (QED) is 0.441. The fourth-order valence-corrected chi connectivity index (χ4v) is 4.55. The van der Waals surface area contributed by atoms with Gasteiger partial charge in [-0.15, -0.1) is 0 Å². The molecule has 8 nitrogen and oxygen atoms in total. The highest BCUT2D eigenvalue weighted by Gasteiger charge is 2.19. The molecule has 2 N–H and O–H groups in total. The fourth-order valence-electron chi connectivity index (χ4n) is 4.55. The Morgan fingerprint density at radius 1 is 0.939 bits per heavy atom. The van der Waals surface area contributed by atoms with Gasteiger partial charge in [0.1, 0.15) is 17.1 Å². The first kappa shape index (κ1) is 19.8. The molecule has 1 saturated heterocycles. The van der Waals surface area contributed by atoms with Crippen molar-refractivity contribution in [1.29, 1.82) is 0 Å². The number of likely N-dealkylation sites (N-methyl/N-ethyl adjacent to an activating group) is 1. The third-order valence-corrected chi connectivity index (χ3v) is 6.45. The molecule has 1 aliphatic heterocycles. The van der Waals surface area contributed by atoms with Gasteiger partial charge in [-0.05, 0) is 42.9 Å². The van der Waals surface area contributed by atoms with E-state index in [9.17, 15) is 0 Å². The van der Waals surface area contributed by atoms with Gasteiger partial charge in [-0.3, -0.25) is 10.1 Å². The summed E-state index contributed by atoms with van der Waals surface area (Å²) in [5.74, 6) is 0.734. The van der Waals surface area contributed by atoms with Gasteiger partial charge in [0.15, 0.2) is 0 Å². The molecule has 33 heavy (non-hydrogen) atoms. The summed E-state index contributed by atoms with van der Waals surface area (Å²) in [7, 11) is 3.82. The molecule has 1 aromatic carbocycles. The van der Waals surface area contributed by atoms with Crippen LogP contribution in [-0.4, -0.2) is 70.4 Å². The number of methoxy groups -OCH3 is 1. The number of aromatic amines is 2. The number of aromatic nitrogens is 5. The molecular weight excluding hydrogens is 414 g/mol. The minimum absolute atomic E-state index is 0.734. The van der Waals surface area contributed by atoms with Gasteiger partial charge >= 0.3 is 0 Å². The minimum atomic E-state index is 0.734. The van der Waals surface area contributed by atoms with Crippen molar-refractivity contribution in [3.05, 3.63) is 55.0 Å². The summed E-state index contributed by atoms with van der Waals surface area (Å²) in [6.45, 7) is 4.15. The predicted molar refractivity (Wildman–Crippen MR) is 131 cm³/mol. The molecule has 5 aromatic rings. The first-order valence-electron chi connectivity index (χ1n) is 11.1. The molecule has 0 aliphatic carbocycles. The molecule has 0 atom stereocenters. The van der Waals surface area contributed by atoms with Gasteiger partial charge in [0.2, 0.25) is 0 Å². The van der Waals surface area contributed by atoms with E-state index in [1.165, 1.54) is 5.69 Å². The van der Waals surface area contributed by atoms with Gasteiger partial charge in [0, 0.05) is 60.6 Å². The van der Waals surface area contributed by atoms with Crippen LogP contribution in [0.4, 0.5) is 5.69 Å². The monoisotopic (exact) mass is 439 g/mol. The van der Waals surface area contributed by atoms with E-state index in [-0.39, 0.29) is 0 Å². The summed E-state index contributed by atoms with van der Waals surface area (Å²) in [5, 5.41) is 9.98. The Labute approximate surface area is 191 Å². The molecule has 6 rings (SSSR count). The average molecular weight is 440 g/mol. The number of benzene rings is 1. The van der Waals surface area contributed by atoms with Crippen molar-refractivity contribution in [3.8, 4) is 28.3 Å². The first-order valence-corrected chi connectivity index (χ1v) is 11.1. The van der Waals surface area contributed by atoms with Gasteiger partial charge in [-0.2, -0.15) is 5.10 Å². The number of rotatable bonds is 4. The maximum absolute atomic E-state index is 5.34. The molecule has 0 spiro atoms. The topological polar surface area (TPSA) is 86.0 Å². The first-order chi connectivity index (χ1) is 16.2. The van der Waals surface area contributed by atoms with Crippen LogP contribution >= 0.6 is 0 Å². The van der Waals surface area contributed by atoms with Crippen molar-refractivity contribution in [2.45, 2.75) is 0 Å². The van der Waals surface area contributed by atoms with Gasteiger partial charge < -0.3 is 19.5 Å². The highest BCUT2D eigenvalue weighted by Crippen LogP contribution is 2.34. The summed E-state index contributed by atoms with van der Waals surface area (Å²) < 4.78 is 5.34. The number of fused-ring (bicyclic) bond motifs is 2. The Hall–Kier alpha value is -3.91. The van der Waals surface area contributed by atoms with E-state index in [1.807, 2.05) is 18.5 Å². The standard InChI is InChI=1S/C25H25N7O/c1-31-7-9-32(10-8-31)23-5-6-27-25-20(23)13-22(28-25)24-19-12-16(3-4-21(19)29-30-24)17-11-18(33-2)15-26-14-17/h3-6,11-15H,7-10H2,1-2H3,(H,27,28)(H,29,30). The third kappa shape index (κ3) is 3.48. The average Bonchev–Trinajstić information content (AvgIpc) is 3.48. The van der Waals surface area contributed by atoms with Crippen LogP contribution in [-0.2, 0) is 0 Å². The number of hydrogen-bond acceptors (Lipinski definition) is 6. The van der Waals surface area contributed by atoms with E-state index in [0.29, 0.717) is 0 Å². The van der Waals surface area contributed by atoms with E-state index in [0.717, 1.165) is 76.4 Å². The molecule has 1 aliphatic rings. The molecule has 4 aromatic heterocycles. The van der Waals surface area contributed by atoms with Crippen LogP contribution in [0.2, 0.25) is 0 Å². The lowest BCUT2D eigenvalue weighted by Gasteiger charge is -2.34. The highest BCUT2D eigenvalue weighted by atomic mass is 16.5. The van der Waals surface area contributed by atoms with Crippen LogP contribution < -0.4 is 9.64 Å². The van der Waals surface area contributed by atoms with Gasteiger partial charge in [0.25, 0.3) is 0 Å². The number of anilines is 1. The zero-order valence-corrected chi connectivity index (χ0v) is 18.7. The molecule has 0 saturated carbocycles. The molecule has 5 heterocycles. The Kier molecular flexibility index (Phi) is 4.73. The normalized spacial score (nSPS) is 14.9. The van der Waals surface area contributed by atoms with Gasteiger partial charge in [0.05, 0.1) is 24.5 Å². The Balaban J connectivity index is 1.43. The van der Waals surface area contributed by atoms with E-state index in [2.05, 4.69) is 72.3 Å². The summed E-state index contributed by atoms with van der Waals surface area (Å²) in [5.41, 5.74) is 6.97. The maximum atomic E-state index is 5.34. The van der Waals surface area contributed by atoms with E-state index in [4.69, 9.17) is 4.74 Å². The van der Waals surface area contributed by atoms with Crippen LogP contribution in [0.15, 0.2) is 55.0 Å². The maximum Gasteiger partial charge on any atom is 0.139 e. The number of piperazine rings is 1. The molecule has 166 valence electrons. The second-order valence-corrected chi connectivity index (χ2v) is 8.51. The number of pyridine rings is 2. The molecule has 0 bridgehead atoms. The lowest BCUT2D eigenvalue weighted by Crippen LogP contribution is -2.44. The van der Waals surface area contributed by atoms with Crippen molar-refractivity contribution in [1.82, 2.24) is 30.0 Å². The Bertz CT molecular complexity index is 1450. The van der Waals surface area contributed by atoms with E-state index in [1.54, 1.807) is 13.3 Å². The SMILES string of the molecule is COc1cncc(-c2ccc3[nH]nc(-c4cc5c(N6CCN(C)CC6)ccnc5[nH]4)c3c2)c1.